The summed E-state index contributed by atoms with van der Waals surface area (Å²) in [6, 6.07) is 13.4. The maximum Gasteiger partial charge on any atom is 0.254 e. The lowest BCUT2D eigenvalue weighted by Gasteiger charge is -2.29. The molecule has 2 N–H and O–H groups in total. The number of nitrogens with zero attached hydrogens (tertiary/aromatic N) is 3. The Kier molecular flexibility index (Phi) is 5.00. The molecule has 0 aliphatic rings. The number of carbonyl (C=O) groups is 1. The zero-order chi connectivity index (χ0) is 18.7. The molecule has 0 aliphatic heterocycles. The van der Waals surface area contributed by atoms with Crippen LogP contribution in [0.15, 0.2) is 54.9 Å². The monoisotopic (exact) mass is 348 g/mol. The molecular formula is C21H24N4O. The Balaban J connectivity index is 2.08. The number of benzene rings is 1. The van der Waals surface area contributed by atoms with Crippen LogP contribution in [0.2, 0.25) is 0 Å². The van der Waals surface area contributed by atoms with Crippen LogP contribution in [0.4, 0.5) is 0 Å². The second-order valence-electron chi connectivity index (χ2n) is 7.34. The summed E-state index contributed by atoms with van der Waals surface area (Å²) in [5.41, 5.74) is 8.85. The molecule has 0 aliphatic carbocycles. The van der Waals surface area contributed by atoms with Crippen LogP contribution in [0, 0.1) is 5.41 Å². The molecule has 0 bridgehead atoms. The third kappa shape index (κ3) is 3.73. The van der Waals surface area contributed by atoms with Crippen LogP contribution in [0.5, 0.6) is 0 Å². The number of pyridine rings is 2. The number of carbonyl (C=O) groups excluding carboxylic acids is 1. The summed E-state index contributed by atoms with van der Waals surface area (Å²) in [6.45, 7) is 5.22. The van der Waals surface area contributed by atoms with Crippen molar-refractivity contribution < 1.29 is 4.79 Å². The molecule has 26 heavy (non-hydrogen) atoms. The smallest absolute Gasteiger partial charge is 0.254 e. The summed E-state index contributed by atoms with van der Waals surface area (Å²) < 4.78 is 0. The van der Waals surface area contributed by atoms with Gasteiger partial charge in [-0.2, -0.15) is 0 Å². The van der Waals surface area contributed by atoms with Crippen molar-refractivity contribution in [3.63, 3.8) is 0 Å². The lowest BCUT2D eigenvalue weighted by molar-refractivity contribution is 0.0742. The van der Waals surface area contributed by atoms with Gasteiger partial charge < -0.3 is 10.6 Å². The van der Waals surface area contributed by atoms with E-state index in [2.05, 4.69) is 18.8 Å². The van der Waals surface area contributed by atoms with E-state index in [1.807, 2.05) is 49.5 Å². The molecule has 134 valence electrons. The van der Waals surface area contributed by atoms with Gasteiger partial charge in [0, 0.05) is 36.9 Å². The highest BCUT2D eigenvalue weighted by atomic mass is 16.2. The van der Waals surface area contributed by atoms with Gasteiger partial charge in [-0.1, -0.05) is 32.0 Å². The Bertz CT molecular complexity index is 922. The minimum absolute atomic E-state index is 0.0274. The SMILES string of the molecule is CN(CC(C)(C)CN)C(=O)c1cc(-c2ccncc2)nc2ccccc12. The maximum atomic E-state index is 13.2. The van der Waals surface area contributed by atoms with Gasteiger partial charge in [-0.15, -0.1) is 0 Å². The van der Waals surface area contributed by atoms with Crippen molar-refractivity contribution in [3.05, 3.63) is 60.4 Å². The third-order valence-corrected chi connectivity index (χ3v) is 4.49. The largest absolute Gasteiger partial charge is 0.341 e. The summed E-state index contributed by atoms with van der Waals surface area (Å²) in [6.07, 6.45) is 3.45. The summed E-state index contributed by atoms with van der Waals surface area (Å²) >= 11 is 0. The van der Waals surface area contributed by atoms with Gasteiger partial charge in [-0.3, -0.25) is 9.78 Å². The van der Waals surface area contributed by atoms with Gasteiger partial charge >= 0.3 is 0 Å². The van der Waals surface area contributed by atoms with E-state index >= 15 is 0 Å². The molecule has 2 heterocycles. The molecule has 5 nitrogen and oxygen atoms in total. The Morgan fingerprint density at radius 1 is 1.15 bits per heavy atom. The molecule has 1 amide bonds. The van der Waals surface area contributed by atoms with Crippen molar-refractivity contribution in [2.24, 2.45) is 11.1 Å². The molecular weight excluding hydrogens is 324 g/mol. The lowest BCUT2D eigenvalue weighted by atomic mass is 9.93. The van der Waals surface area contributed by atoms with Crippen molar-refractivity contribution in [2.45, 2.75) is 13.8 Å². The van der Waals surface area contributed by atoms with Crippen molar-refractivity contribution in [1.82, 2.24) is 14.9 Å². The van der Waals surface area contributed by atoms with Gasteiger partial charge in [0.15, 0.2) is 0 Å². The zero-order valence-electron chi connectivity index (χ0n) is 15.4. The number of nitrogens with two attached hydrogens (primary N) is 1. The van der Waals surface area contributed by atoms with E-state index in [0.717, 1.165) is 22.2 Å². The fraction of sp³-hybridized carbons (Fsp3) is 0.286. The van der Waals surface area contributed by atoms with Crippen molar-refractivity contribution in [2.75, 3.05) is 20.1 Å². The van der Waals surface area contributed by atoms with Crippen molar-refractivity contribution in [1.29, 1.82) is 0 Å². The van der Waals surface area contributed by atoms with Crippen molar-refractivity contribution in [3.8, 4) is 11.3 Å². The highest BCUT2D eigenvalue weighted by Crippen LogP contribution is 2.26. The average molecular weight is 348 g/mol. The Morgan fingerprint density at radius 2 is 1.85 bits per heavy atom. The van der Waals surface area contributed by atoms with E-state index in [4.69, 9.17) is 10.7 Å². The molecule has 1 aromatic carbocycles. The highest BCUT2D eigenvalue weighted by molar-refractivity contribution is 6.07. The topological polar surface area (TPSA) is 72.1 Å². The number of para-hydroxylation sites is 1. The predicted octanol–water partition coefficient (Wildman–Crippen LogP) is 3.35. The molecule has 0 saturated heterocycles. The molecule has 2 aromatic heterocycles. The van der Waals surface area contributed by atoms with Gasteiger partial charge in [-0.05, 0) is 36.2 Å². The third-order valence-electron chi connectivity index (χ3n) is 4.49. The number of hydrogen-bond donors (Lipinski definition) is 1. The quantitative estimate of drug-likeness (QED) is 0.767. The molecule has 0 saturated carbocycles. The Labute approximate surface area is 153 Å². The first-order valence-electron chi connectivity index (χ1n) is 8.67. The summed E-state index contributed by atoms with van der Waals surface area (Å²) in [5.74, 6) is -0.0274. The van der Waals surface area contributed by atoms with Crippen LogP contribution < -0.4 is 5.73 Å². The molecule has 5 heteroatoms. The first-order valence-corrected chi connectivity index (χ1v) is 8.67. The van der Waals surface area contributed by atoms with Crippen LogP contribution in [0.25, 0.3) is 22.2 Å². The van der Waals surface area contributed by atoms with Gasteiger partial charge in [0.05, 0.1) is 16.8 Å². The standard InChI is InChI=1S/C21H24N4O/c1-21(2,13-22)14-25(3)20(26)17-12-19(15-8-10-23-11-9-15)24-18-7-5-4-6-16(17)18/h4-12H,13-14,22H2,1-3H3. The van der Waals surface area contributed by atoms with Gasteiger partial charge in [0.2, 0.25) is 0 Å². The summed E-state index contributed by atoms with van der Waals surface area (Å²) in [5, 5.41) is 0.854. The molecule has 3 rings (SSSR count). The van der Waals surface area contributed by atoms with E-state index in [1.54, 1.807) is 17.3 Å². The number of aromatic nitrogens is 2. The minimum atomic E-state index is -0.138. The van der Waals surface area contributed by atoms with Gasteiger partial charge in [0.1, 0.15) is 0 Å². The lowest BCUT2D eigenvalue weighted by Crippen LogP contribution is -2.39. The Hall–Kier alpha value is -2.79. The molecule has 0 atom stereocenters. The van der Waals surface area contributed by atoms with E-state index in [-0.39, 0.29) is 11.3 Å². The molecule has 0 unspecified atom stereocenters. The number of fused-ring (bicyclic) bond motifs is 1. The first-order chi connectivity index (χ1) is 12.4. The number of hydrogen-bond acceptors (Lipinski definition) is 4. The maximum absolute atomic E-state index is 13.2. The normalized spacial score (nSPS) is 11.5. The van der Waals surface area contributed by atoms with Crippen LogP contribution in [-0.4, -0.2) is 40.9 Å². The zero-order valence-corrected chi connectivity index (χ0v) is 15.4. The Morgan fingerprint density at radius 3 is 2.54 bits per heavy atom. The fourth-order valence-electron chi connectivity index (χ4n) is 3.01. The fourth-order valence-corrected chi connectivity index (χ4v) is 3.01. The van der Waals surface area contributed by atoms with Crippen molar-refractivity contribution >= 4 is 16.8 Å². The van der Waals surface area contributed by atoms with Gasteiger partial charge in [0.25, 0.3) is 5.91 Å². The second-order valence-corrected chi connectivity index (χ2v) is 7.34. The van der Waals surface area contributed by atoms with Gasteiger partial charge in [-0.25, -0.2) is 4.98 Å². The second kappa shape index (κ2) is 7.22. The van der Waals surface area contributed by atoms with Crippen LogP contribution in [-0.2, 0) is 0 Å². The summed E-state index contributed by atoms with van der Waals surface area (Å²) in [4.78, 5) is 23.7. The van der Waals surface area contributed by atoms with E-state index < -0.39 is 0 Å². The molecule has 0 radical (unpaired) electrons. The number of amides is 1. The average Bonchev–Trinajstić information content (AvgIpc) is 2.67. The van der Waals surface area contributed by atoms with E-state index in [1.165, 1.54) is 0 Å². The minimum Gasteiger partial charge on any atom is -0.341 e. The van der Waals surface area contributed by atoms with Crippen LogP contribution in [0.1, 0.15) is 24.2 Å². The van der Waals surface area contributed by atoms with E-state index in [0.29, 0.717) is 18.7 Å². The number of rotatable bonds is 5. The van der Waals surface area contributed by atoms with Crippen LogP contribution >= 0.6 is 0 Å². The molecule has 0 fully saturated rings. The highest BCUT2D eigenvalue weighted by Gasteiger charge is 2.23. The first kappa shape index (κ1) is 18.0. The molecule has 0 spiro atoms. The molecule has 3 aromatic rings. The summed E-state index contributed by atoms with van der Waals surface area (Å²) in [7, 11) is 1.82. The van der Waals surface area contributed by atoms with Crippen LogP contribution in [0.3, 0.4) is 0 Å². The predicted molar refractivity (Wildman–Crippen MR) is 105 cm³/mol. The van der Waals surface area contributed by atoms with E-state index in [9.17, 15) is 4.79 Å².